The predicted molar refractivity (Wildman–Crippen MR) is 78.8 cm³/mol. The van der Waals surface area contributed by atoms with Crippen molar-refractivity contribution in [1.29, 1.82) is 0 Å². The van der Waals surface area contributed by atoms with Gasteiger partial charge in [-0.25, -0.2) is 13.2 Å². The van der Waals surface area contributed by atoms with Gasteiger partial charge in [0.05, 0.1) is 0 Å². The van der Waals surface area contributed by atoms with Gasteiger partial charge in [0.1, 0.15) is 11.5 Å². The van der Waals surface area contributed by atoms with Gasteiger partial charge in [-0.3, -0.25) is 0 Å². The van der Waals surface area contributed by atoms with Crippen molar-refractivity contribution in [3.8, 4) is 0 Å². The van der Waals surface area contributed by atoms with E-state index in [1.807, 2.05) is 30.3 Å². The van der Waals surface area contributed by atoms with Gasteiger partial charge in [-0.2, -0.15) is 0 Å². The minimum Gasteiger partial charge on any atom is -0.380 e. The molecule has 1 atom stereocenters. The molecule has 1 N–H and O–H groups in total. The molecule has 0 amide bonds. The van der Waals surface area contributed by atoms with Crippen LogP contribution in [0.3, 0.4) is 0 Å². The maximum Gasteiger partial charge on any atom is 0.152 e. The van der Waals surface area contributed by atoms with Gasteiger partial charge >= 0.3 is 0 Å². The van der Waals surface area contributed by atoms with Crippen LogP contribution in [0, 0.1) is 23.4 Å². The van der Waals surface area contributed by atoms with Gasteiger partial charge in [0, 0.05) is 24.6 Å². The lowest BCUT2D eigenvalue weighted by Gasteiger charge is -2.22. The molecule has 0 bridgehead atoms. The van der Waals surface area contributed by atoms with Gasteiger partial charge < -0.3 is 5.32 Å². The first-order valence-electron chi connectivity index (χ1n) is 6.92. The molecule has 0 saturated heterocycles. The minimum absolute atomic E-state index is 0.107. The Balaban J connectivity index is 2.17. The van der Waals surface area contributed by atoms with E-state index in [9.17, 15) is 13.2 Å². The normalized spacial score (nSPS) is 12.5. The number of hydrogen-bond donors (Lipinski definition) is 1. The molecule has 0 heterocycles. The Morgan fingerprint density at radius 3 is 2.05 bits per heavy atom. The lowest BCUT2D eigenvalue weighted by Crippen LogP contribution is -2.19. The molecular formula is C17H18F3N. The van der Waals surface area contributed by atoms with Crippen molar-refractivity contribution in [3.63, 3.8) is 0 Å². The van der Waals surface area contributed by atoms with Crippen LogP contribution in [0.1, 0.15) is 25.3 Å². The molecule has 0 aromatic heterocycles. The Hall–Kier alpha value is -1.97. The minimum atomic E-state index is -0.918. The second-order valence-electron chi connectivity index (χ2n) is 5.39. The van der Waals surface area contributed by atoms with E-state index in [2.05, 4.69) is 19.2 Å². The first-order chi connectivity index (χ1) is 9.99. The molecule has 1 unspecified atom stereocenters. The highest BCUT2D eigenvalue weighted by Gasteiger charge is 2.18. The highest BCUT2D eigenvalue weighted by atomic mass is 19.1. The van der Waals surface area contributed by atoms with E-state index < -0.39 is 17.5 Å². The van der Waals surface area contributed by atoms with Crippen molar-refractivity contribution in [3.05, 3.63) is 65.5 Å². The fourth-order valence-electron chi connectivity index (χ4n) is 2.36. The molecular weight excluding hydrogens is 275 g/mol. The van der Waals surface area contributed by atoms with Crippen molar-refractivity contribution in [2.45, 2.75) is 19.8 Å². The third kappa shape index (κ3) is 3.78. The molecule has 1 nitrogen and oxygen atoms in total. The maximum atomic E-state index is 13.6. The molecule has 21 heavy (non-hydrogen) atoms. The molecule has 0 aliphatic rings. The van der Waals surface area contributed by atoms with Crippen LogP contribution >= 0.6 is 0 Å². The van der Waals surface area contributed by atoms with Gasteiger partial charge in [0.25, 0.3) is 0 Å². The molecule has 112 valence electrons. The molecule has 0 fully saturated rings. The standard InChI is InChI=1S/C17H18F3N/c1-11(2)14(12-6-4-3-5-7-12)10-21-17-15(19)8-13(18)9-16(17)20/h3-9,11,14,21H,10H2,1-2H3. The van der Waals surface area contributed by atoms with E-state index >= 15 is 0 Å². The number of halogens is 3. The number of nitrogens with one attached hydrogen (secondary N) is 1. The molecule has 0 spiro atoms. The van der Waals surface area contributed by atoms with Gasteiger partial charge in [0.15, 0.2) is 11.6 Å². The molecule has 2 aromatic carbocycles. The summed E-state index contributed by atoms with van der Waals surface area (Å²) in [4.78, 5) is 0. The Bertz CT molecular complexity index is 573. The monoisotopic (exact) mass is 293 g/mol. The SMILES string of the molecule is CC(C)C(CNc1c(F)cc(F)cc1F)c1ccccc1. The highest BCUT2D eigenvalue weighted by molar-refractivity contribution is 5.47. The van der Waals surface area contributed by atoms with E-state index in [-0.39, 0.29) is 11.6 Å². The Labute approximate surface area is 122 Å². The van der Waals surface area contributed by atoms with Gasteiger partial charge in [-0.1, -0.05) is 44.2 Å². The lowest BCUT2D eigenvalue weighted by atomic mass is 9.88. The van der Waals surface area contributed by atoms with E-state index in [0.29, 0.717) is 24.6 Å². The zero-order valence-electron chi connectivity index (χ0n) is 12.0. The average Bonchev–Trinajstić information content (AvgIpc) is 2.42. The quantitative estimate of drug-likeness (QED) is 0.822. The van der Waals surface area contributed by atoms with Gasteiger partial charge in [-0.05, 0) is 11.5 Å². The maximum absolute atomic E-state index is 13.6. The molecule has 0 aliphatic heterocycles. The van der Waals surface area contributed by atoms with Crippen LogP contribution in [-0.2, 0) is 0 Å². The van der Waals surface area contributed by atoms with Crippen LogP contribution < -0.4 is 5.32 Å². The van der Waals surface area contributed by atoms with E-state index in [1.165, 1.54) is 0 Å². The van der Waals surface area contributed by atoms with E-state index in [4.69, 9.17) is 0 Å². The summed E-state index contributed by atoms with van der Waals surface area (Å²) in [7, 11) is 0. The topological polar surface area (TPSA) is 12.0 Å². The third-order valence-electron chi connectivity index (χ3n) is 3.54. The smallest absolute Gasteiger partial charge is 0.152 e. The first kappa shape index (κ1) is 15.4. The van der Waals surface area contributed by atoms with Crippen molar-refractivity contribution in [1.82, 2.24) is 0 Å². The highest BCUT2D eigenvalue weighted by Crippen LogP contribution is 2.26. The summed E-state index contributed by atoms with van der Waals surface area (Å²) in [6, 6.07) is 11.1. The van der Waals surface area contributed by atoms with Crippen LogP contribution in [0.2, 0.25) is 0 Å². The average molecular weight is 293 g/mol. The van der Waals surface area contributed by atoms with Crippen LogP contribution in [-0.4, -0.2) is 6.54 Å². The fraction of sp³-hybridized carbons (Fsp3) is 0.294. The zero-order chi connectivity index (χ0) is 15.4. The first-order valence-corrected chi connectivity index (χ1v) is 6.92. The van der Waals surface area contributed by atoms with Crippen LogP contribution in [0.5, 0.6) is 0 Å². The Kier molecular flexibility index (Phi) is 4.89. The number of benzene rings is 2. The third-order valence-corrected chi connectivity index (χ3v) is 3.54. The summed E-state index contributed by atoms with van der Waals surface area (Å²) in [6.07, 6.45) is 0. The number of anilines is 1. The summed E-state index contributed by atoms with van der Waals surface area (Å²) in [5.74, 6) is -2.34. The largest absolute Gasteiger partial charge is 0.380 e. The Morgan fingerprint density at radius 2 is 1.52 bits per heavy atom. The Morgan fingerprint density at radius 1 is 0.952 bits per heavy atom. The van der Waals surface area contributed by atoms with Gasteiger partial charge in [-0.15, -0.1) is 0 Å². The van der Waals surface area contributed by atoms with Crippen molar-refractivity contribution < 1.29 is 13.2 Å². The molecule has 0 radical (unpaired) electrons. The predicted octanol–water partition coefficient (Wildman–Crippen LogP) is 4.96. The summed E-state index contributed by atoms with van der Waals surface area (Å²) in [5, 5.41) is 2.77. The zero-order valence-corrected chi connectivity index (χ0v) is 12.0. The summed E-state index contributed by atoms with van der Waals surface area (Å²) in [5.41, 5.74) is 0.820. The summed E-state index contributed by atoms with van der Waals surface area (Å²) < 4.78 is 40.1. The molecule has 0 saturated carbocycles. The number of rotatable bonds is 5. The van der Waals surface area contributed by atoms with Crippen LogP contribution in [0.15, 0.2) is 42.5 Å². The summed E-state index contributed by atoms with van der Waals surface area (Å²) >= 11 is 0. The van der Waals surface area contributed by atoms with E-state index in [0.717, 1.165) is 5.56 Å². The second-order valence-corrected chi connectivity index (χ2v) is 5.39. The van der Waals surface area contributed by atoms with Gasteiger partial charge in [0.2, 0.25) is 0 Å². The molecule has 2 aromatic rings. The molecule has 2 rings (SSSR count). The van der Waals surface area contributed by atoms with Crippen LogP contribution in [0.4, 0.5) is 18.9 Å². The lowest BCUT2D eigenvalue weighted by molar-refractivity contribution is 0.509. The molecule has 0 aliphatic carbocycles. The summed E-state index contributed by atoms with van der Waals surface area (Å²) in [6.45, 7) is 4.48. The number of hydrogen-bond acceptors (Lipinski definition) is 1. The van der Waals surface area contributed by atoms with Crippen molar-refractivity contribution in [2.24, 2.45) is 5.92 Å². The van der Waals surface area contributed by atoms with Crippen molar-refractivity contribution >= 4 is 5.69 Å². The van der Waals surface area contributed by atoms with Crippen LogP contribution in [0.25, 0.3) is 0 Å². The second kappa shape index (κ2) is 6.66. The van der Waals surface area contributed by atoms with E-state index in [1.54, 1.807) is 0 Å². The van der Waals surface area contributed by atoms with Crippen molar-refractivity contribution in [2.75, 3.05) is 11.9 Å². The molecule has 4 heteroatoms. The fourth-order valence-corrected chi connectivity index (χ4v) is 2.36.